The van der Waals surface area contributed by atoms with E-state index in [0.29, 0.717) is 19.3 Å². The highest BCUT2D eigenvalue weighted by molar-refractivity contribution is 7.89. The van der Waals surface area contributed by atoms with Gasteiger partial charge in [-0.2, -0.15) is 17.5 Å². The molecule has 0 radical (unpaired) electrons. The zero-order valence-electron chi connectivity index (χ0n) is 14.9. The van der Waals surface area contributed by atoms with Crippen LogP contribution in [0.2, 0.25) is 0 Å². The quantitative estimate of drug-likeness (QED) is 0.778. The normalized spacial score (nSPS) is 25.4. The van der Waals surface area contributed by atoms with Crippen LogP contribution in [0.15, 0.2) is 35.2 Å². The molecular weight excluding hydrogens is 381 g/mol. The first kappa shape index (κ1) is 20.1. The molecule has 150 valence electrons. The smallest absolute Gasteiger partial charge is 0.341 e. The number of hydrogen-bond acceptors (Lipinski definition) is 3. The minimum absolute atomic E-state index is 0.00394. The molecular formula is C18H23F3N2O3S. The van der Waals surface area contributed by atoms with Gasteiger partial charge in [0, 0.05) is 19.6 Å². The predicted octanol–water partition coefficient (Wildman–Crippen LogP) is 3.03. The lowest BCUT2D eigenvalue weighted by Gasteiger charge is -2.40. The van der Waals surface area contributed by atoms with Crippen molar-refractivity contribution in [3.63, 3.8) is 0 Å². The standard InChI is InChI=1S/C18H23F3N2O3S/c19-18(20,21)14-7-6-11-22(13-14)17(24)16-10-4-5-12-23(16)27(25,26)15-8-2-1-3-9-15/h1-3,8-9,14,16H,4-7,10-13H2/t14-,16+/m0/s1. The van der Waals surface area contributed by atoms with Crippen LogP contribution in [0.25, 0.3) is 0 Å². The van der Waals surface area contributed by atoms with Crippen LogP contribution < -0.4 is 0 Å². The van der Waals surface area contributed by atoms with Crippen molar-refractivity contribution in [1.29, 1.82) is 0 Å². The van der Waals surface area contributed by atoms with Gasteiger partial charge in [0.25, 0.3) is 0 Å². The lowest BCUT2D eigenvalue weighted by Crippen LogP contribution is -2.55. The first-order valence-electron chi connectivity index (χ1n) is 9.13. The van der Waals surface area contributed by atoms with E-state index < -0.39 is 40.6 Å². The summed E-state index contributed by atoms with van der Waals surface area (Å²) in [6, 6.07) is 6.90. The second-order valence-electron chi connectivity index (χ2n) is 7.11. The van der Waals surface area contributed by atoms with E-state index in [2.05, 4.69) is 0 Å². The number of likely N-dealkylation sites (tertiary alicyclic amines) is 1. The maximum Gasteiger partial charge on any atom is 0.393 e. The topological polar surface area (TPSA) is 57.7 Å². The van der Waals surface area contributed by atoms with Crippen LogP contribution in [0.1, 0.15) is 32.1 Å². The summed E-state index contributed by atoms with van der Waals surface area (Å²) in [5, 5.41) is 0. The Labute approximate surface area is 157 Å². The minimum Gasteiger partial charge on any atom is -0.341 e. The Kier molecular flexibility index (Phi) is 5.81. The summed E-state index contributed by atoms with van der Waals surface area (Å²) >= 11 is 0. The fourth-order valence-electron chi connectivity index (χ4n) is 3.82. The lowest BCUT2D eigenvalue weighted by atomic mass is 9.95. The zero-order chi connectivity index (χ0) is 19.7. The summed E-state index contributed by atoms with van der Waals surface area (Å²) in [7, 11) is -3.87. The molecule has 3 rings (SSSR count). The van der Waals surface area contributed by atoms with Crippen LogP contribution >= 0.6 is 0 Å². The van der Waals surface area contributed by atoms with E-state index >= 15 is 0 Å². The monoisotopic (exact) mass is 404 g/mol. The van der Waals surface area contributed by atoms with Gasteiger partial charge >= 0.3 is 6.18 Å². The Hall–Kier alpha value is -1.61. The molecule has 9 heteroatoms. The predicted molar refractivity (Wildman–Crippen MR) is 93.3 cm³/mol. The van der Waals surface area contributed by atoms with Crippen molar-refractivity contribution in [2.75, 3.05) is 19.6 Å². The van der Waals surface area contributed by atoms with E-state index in [4.69, 9.17) is 0 Å². The first-order valence-corrected chi connectivity index (χ1v) is 10.6. The van der Waals surface area contributed by atoms with Crippen molar-refractivity contribution in [2.24, 2.45) is 5.92 Å². The maximum absolute atomic E-state index is 13.1. The third kappa shape index (κ3) is 4.29. The fraction of sp³-hybridized carbons (Fsp3) is 0.611. The second-order valence-corrected chi connectivity index (χ2v) is 9.00. The summed E-state index contributed by atoms with van der Waals surface area (Å²) in [5.74, 6) is -2.05. The number of benzene rings is 1. The Balaban J connectivity index is 1.82. The SMILES string of the molecule is O=C([C@H]1CCCCN1S(=O)(=O)c1ccccc1)N1CCC[C@H](C(F)(F)F)C1. The first-order chi connectivity index (χ1) is 12.7. The molecule has 0 saturated carbocycles. The number of carbonyl (C=O) groups is 1. The number of amides is 1. The van der Waals surface area contributed by atoms with E-state index in [1.54, 1.807) is 18.2 Å². The van der Waals surface area contributed by atoms with Gasteiger partial charge in [-0.15, -0.1) is 0 Å². The molecule has 1 amide bonds. The molecule has 2 heterocycles. The van der Waals surface area contributed by atoms with Gasteiger partial charge in [-0.1, -0.05) is 24.6 Å². The molecule has 2 atom stereocenters. The average Bonchev–Trinajstić information content (AvgIpc) is 2.67. The van der Waals surface area contributed by atoms with E-state index in [9.17, 15) is 26.4 Å². The van der Waals surface area contributed by atoms with Gasteiger partial charge in [-0.25, -0.2) is 8.42 Å². The molecule has 2 fully saturated rings. The molecule has 27 heavy (non-hydrogen) atoms. The van der Waals surface area contributed by atoms with Crippen LogP contribution in [-0.2, 0) is 14.8 Å². The summed E-state index contributed by atoms with van der Waals surface area (Å²) < 4.78 is 66.3. The minimum atomic E-state index is -4.35. The Morgan fingerprint density at radius 2 is 1.70 bits per heavy atom. The van der Waals surface area contributed by atoms with Crippen molar-refractivity contribution in [3.8, 4) is 0 Å². The van der Waals surface area contributed by atoms with Crippen molar-refractivity contribution in [2.45, 2.75) is 49.2 Å². The van der Waals surface area contributed by atoms with E-state index in [1.807, 2.05) is 0 Å². The molecule has 0 N–H and O–H groups in total. The van der Waals surface area contributed by atoms with Crippen molar-refractivity contribution >= 4 is 15.9 Å². The number of hydrogen-bond donors (Lipinski definition) is 0. The second kappa shape index (κ2) is 7.79. The Morgan fingerprint density at radius 1 is 1.00 bits per heavy atom. The highest BCUT2D eigenvalue weighted by Crippen LogP contribution is 2.34. The van der Waals surface area contributed by atoms with Gasteiger partial charge in [0.2, 0.25) is 15.9 Å². The van der Waals surface area contributed by atoms with E-state index in [-0.39, 0.29) is 30.8 Å². The molecule has 0 aliphatic carbocycles. The number of carbonyl (C=O) groups excluding carboxylic acids is 1. The van der Waals surface area contributed by atoms with Crippen LogP contribution in [0, 0.1) is 5.92 Å². The van der Waals surface area contributed by atoms with E-state index in [0.717, 1.165) is 0 Å². The van der Waals surface area contributed by atoms with Crippen molar-refractivity contribution in [3.05, 3.63) is 30.3 Å². The van der Waals surface area contributed by atoms with Crippen LogP contribution in [0.3, 0.4) is 0 Å². The molecule has 2 aliphatic rings. The van der Waals surface area contributed by atoms with Gasteiger partial charge in [0.15, 0.2) is 0 Å². The number of piperidine rings is 2. The third-order valence-electron chi connectivity index (χ3n) is 5.28. The number of sulfonamides is 1. The third-order valence-corrected chi connectivity index (χ3v) is 7.21. The maximum atomic E-state index is 13.1. The molecule has 5 nitrogen and oxygen atoms in total. The van der Waals surface area contributed by atoms with Crippen LogP contribution in [0.4, 0.5) is 13.2 Å². The summed E-state index contributed by atoms with van der Waals surface area (Å²) in [6.45, 7) is 0.0450. The molecule has 1 aromatic rings. The Bertz CT molecular complexity index is 768. The number of nitrogens with zero attached hydrogens (tertiary/aromatic N) is 2. The van der Waals surface area contributed by atoms with Gasteiger partial charge < -0.3 is 4.90 Å². The highest BCUT2D eigenvalue weighted by Gasteiger charge is 2.45. The molecule has 0 aromatic heterocycles. The van der Waals surface area contributed by atoms with Crippen molar-refractivity contribution in [1.82, 2.24) is 9.21 Å². The van der Waals surface area contributed by atoms with Crippen LogP contribution in [0.5, 0.6) is 0 Å². The largest absolute Gasteiger partial charge is 0.393 e. The summed E-state index contributed by atoms with van der Waals surface area (Å²) in [6.07, 6.45) is -2.44. The lowest BCUT2D eigenvalue weighted by molar-refractivity contribution is -0.188. The molecule has 0 unspecified atom stereocenters. The van der Waals surface area contributed by atoms with Gasteiger partial charge in [-0.3, -0.25) is 4.79 Å². The number of rotatable bonds is 3. The molecule has 0 spiro atoms. The van der Waals surface area contributed by atoms with Crippen LogP contribution in [-0.4, -0.2) is 55.4 Å². The molecule has 2 aliphatic heterocycles. The zero-order valence-corrected chi connectivity index (χ0v) is 15.7. The molecule has 1 aromatic carbocycles. The average molecular weight is 404 g/mol. The summed E-state index contributed by atoms with van der Waals surface area (Å²) in [5.41, 5.74) is 0. The summed E-state index contributed by atoms with van der Waals surface area (Å²) in [4.78, 5) is 14.3. The van der Waals surface area contributed by atoms with E-state index in [1.165, 1.54) is 21.3 Å². The fourth-order valence-corrected chi connectivity index (χ4v) is 5.49. The molecule has 0 bridgehead atoms. The molecule has 2 saturated heterocycles. The Morgan fingerprint density at radius 3 is 2.37 bits per heavy atom. The van der Waals surface area contributed by atoms with Gasteiger partial charge in [-0.05, 0) is 37.8 Å². The van der Waals surface area contributed by atoms with Gasteiger partial charge in [0.05, 0.1) is 10.8 Å². The number of alkyl halides is 3. The number of halogens is 3. The highest BCUT2D eigenvalue weighted by atomic mass is 32.2. The van der Waals surface area contributed by atoms with Gasteiger partial charge in [0.1, 0.15) is 6.04 Å². The van der Waals surface area contributed by atoms with Crippen molar-refractivity contribution < 1.29 is 26.4 Å².